The standard InChI is InChI=1S/C33H50N8O9/c1-16(2)10-21(34)29(45)38-24(13-27(35)43)30(46)37-18(5)28(44)41-26(15-42)32(48)39-23(31(47)40-25(33(49)50)11-17(3)4)12-19-14-36-22-9-7-6-8-20(19)22/h6-9,14,16-18,21,23-26,36,42H,10-13,15,34H2,1-5H3,(H2,35,43)(H,37,46)(H,38,45)(H,39,48)(H,40,47)(H,41,44)(H,49,50)/t18-,21-,23-,24-,25-,26-/m0/s1. The van der Waals surface area contributed by atoms with Gasteiger partial charge in [0.1, 0.15) is 30.2 Å². The monoisotopic (exact) mass is 702 g/mol. The quantitative estimate of drug-likeness (QED) is 0.0764. The Labute approximate surface area is 290 Å². The molecule has 12 N–H and O–H groups in total. The summed E-state index contributed by atoms with van der Waals surface area (Å²) >= 11 is 0. The van der Waals surface area contributed by atoms with Crippen molar-refractivity contribution in [3.05, 3.63) is 36.0 Å². The average molecular weight is 703 g/mol. The number of carboxylic acids is 1. The van der Waals surface area contributed by atoms with Crippen LogP contribution in [0.3, 0.4) is 0 Å². The Morgan fingerprint density at radius 2 is 1.26 bits per heavy atom. The predicted octanol–water partition coefficient (Wildman–Crippen LogP) is -1.47. The van der Waals surface area contributed by atoms with Gasteiger partial charge in [0.05, 0.1) is 19.1 Å². The maximum absolute atomic E-state index is 13.4. The zero-order chi connectivity index (χ0) is 37.7. The van der Waals surface area contributed by atoms with E-state index >= 15 is 0 Å². The highest BCUT2D eigenvalue weighted by Gasteiger charge is 2.32. The van der Waals surface area contributed by atoms with Crippen molar-refractivity contribution in [3.8, 4) is 0 Å². The molecule has 0 aliphatic carbocycles. The molecule has 2 rings (SSSR count). The number of carbonyl (C=O) groups is 7. The fraction of sp³-hybridized carbons (Fsp3) is 0.545. The van der Waals surface area contributed by atoms with E-state index in [2.05, 4.69) is 31.6 Å². The summed E-state index contributed by atoms with van der Waals surface area (Å²) in [6.07, 6.45) is 1.44. The molecule has 0 aliphatic rings. The summed E-state index contributed by atoms with van der Waals surface area (Å²) in [6, 6.07) is -0.668. The normalized spacial score (nSPS) is 14.9. The van der Waals surface area contributed by atoms with E-state index in [0.29, 0.717) is 12.0 Å². The van der Waals surface area contributed by atoms with Crippen molar-refractivity contribution < 1.29 is 43.8 Å². The van der Waals surface area contributed by atoms with Crippen molar-refractivity contribution in [2.75, 3.05) is 6.61 Å². The van der Waals surface area contributed by atoms with Gasteiger partial charge in [0, 0.05) is 23.5 Å². The lowest BCUT2D eigenvalue weighted by Crippen LogP contribution is -2.60. The van der Waals surface area contributed by atoms with Crippen molar-refractivity contribution in [3.63, 3.8) is 0 Å². The topological polar surface area (TPSA) is 288 Å². The minimum Gasteiger partial charge on any atom is -0.480 e. The number of aliphatic carboxylic acids is 1. The van der Waals surface area contributed by atoms with Gasteiger partial charge in [-0.3, -0.25) is 28.8 Å². The van der Waals surface area contributed by atoms with Gasteiger partial charge >= 0.3 is 5.97 Å². The van der Waals surface area contributed by atoms with Crippen LogP contribution in [0.25, 0.3) is 10.9 Å². The first-order chi connectivity index (χ1) is 23.4. The maximum Gasteiger partial charge on any atom is 0.326 e. The van der Waals surface area contributed by atoms with Gasteiger partial charge in [-0.2, -0.15) is 0 Å². The minimum absolute atomic E-state index is 0.0675. The van der Waals surface area contributed by atoms with E-state index < -0.39 is 90.7 Å². The predicted molar refractivity (Wildman–Crippen MR) is 183 cm³/mol. The number of aromatic nitrogens is 1. The summed E-state index contributed by atoms with van der Waals surface area (Å²) in [6.45, 7) is 7.65. The van der Waals surface area contributed by atoms with Crippen LogP contribution in [0.1, 0.15) is 59.4 Å². The Bertz CT molecular complexity index is 1530. The number of aromatic amines is 1. The van der Waals surface area contributed by atoms with Crippen LogP contribution in [0.2, 0.25) is 0 Å². The number of hydrogen-bond donors (Lipinski definition) is 10. The molecule has 17 nitrogen and oxygen atoms in total. The largest absolute Gasteiger partial charge is 0.480 e. The number of amides is 6. The molecule has 1 heterocycles. The molecule has 2 aromatic rings. The Morgan fingerprint density at radius 1 is 0.720 bits per heavy atom. The highest BCUT2D eigenvalue weighted by atomic mass is 16.4. The zero-order valence-electron chi connectivity index (χ0n) is 28.9. The lowest BCUT2D eigenvalue weighted by molar-refractivity contribution is -0.142. The fourth-order valence-electron chi connectivity index (χ4n) is 5.14. The summed E-state index contributed by atoms with van der Waals surface area (Å²) in [7, 11) is 0. The Hall–Kier alpha value is -5.03. The summed E-state index contributed by atoms with van der Waals surface area (Å²) in [4.78, 5) is 91.9. The molecule has 0 fully saturated rings. The first kappa shape index (κ1) is 41.1. The number of aliphatic hydroxyl groups excluding tert-OH is 1. The first-order valence-electron chi connectivity index (χ1n) is 16.4. The van der Waals surface area contributed by atoms with Crippen LogP contribution in [0.5, 0.6) is 0 Å². The number of carbonyl (C=O) groups excluding carboxylic acids is 6. The second kappa shape index (κ2) is 19.2. The SMILES string of the molecule is CC(C)C[C@H](NC(=O)[C@H](Cc1c[nH]c2ccccc12)NC(=O)[C@H](CO)NC(=O)[C@H](C)NC(=O)[C@H](CC(N)=O)NC(=O)[C@@H](N)CC(C)C)C(=O)O. The number of nitrogens with two attached hydrogens (primary N) is 2. The highest BCUT2D eigenvalue weighted by Crippen LogP contribution is 2.19. The van der Waals surface area contributed by atoms with Gasteiger partial charge in [-0.05, 0) is 43.2 Å². The molecule has 0 aliphatic heterocycles. The van der Waals surface area contributed by atoms with Gasteiger partial charge in [-0.1, -0.05) is 45.9 Å². The third-order valence-electron chi connectivity index (χ3n) is 7.72. The number of aliphatic hydroxyl groups is 1. The third kappa shape index (κ3) is 12.8. The van der Waals surface area contributed by atoms with Crippen LogP contribution in [-0.4, -0.2) is 99.5 Å². The van der Waals surface area contributed by atoms with Gasteiger partial charge < -0.3 is 53.2 Å². The van der Waals surface area contributed by atoms with Gasteiger partial charge in [0.2, 0.25) is 35.4 Å². The summed E-state index contributed by atoms with van der Waals surface area (Å²) in [5, 5.41) is 32.5. The molecule has 6 amide bonds. The molecule has 1 aromatic carbocycles. The lowest BCUT2D eigenvalue weighted by Gasteiger charge is -2.25. The van der Waals surface area contributed by atoms with Crippen LogP contribution in [0, 0.1) is 11.8 Å². The average Bonchev–Trinajstić information content (AvgIpc) is 3.43. The van der Waals surface area contributed by atoms with E-state index in [1.807, 2.05) is 32.0 Å². The van der Waals surface area contributed by atoms with Crippen molar-refractivity contribution >= 4 is 52.3 Å². The molecule has 0 saturated carbocycles. The van der Waals surface area contributed by atoms with Gasteiger partial charge in [0.15, 0.2) is 0 Å². The van der Waals surface area contributed by atoms with Crippen molar-refractivity contribution in [2.45, 2.75) is 96.6 Å². The van der Waals surface area contributed by atoms with E-state index in [0.717, 1.165) is 10.9 Å². The molecule has 0 unspecified atom stereocenters. The maximum atomic E-state index is 13.4. The van der Waals surface area contributed by atoms with Crippen molar-refractivity contribution in [1.29, 1.82) is 0 Å². The Balaban J connectivity index is 2.19. The summed E-state index contributed by atoms with van der Waals surface area (Å²) in [5.74, 6) is -6.45. The number of carboxylic acid groups (broad SMARTS) is 1. The van der Waals surface area contributed by atoms with E-state index in [4.69, 9.17) is 11.5 Å². The number of H-pyrrole nitrogens is 1. The molecule has 0 spiro atoms. The van der Waals surface area contributed by atoms with Crippen molar-refractivity contribution in [1.82, 2.24) is 31.6 Å². The fourth-order valence-corrected chi connectivity index (χ4v) is 5.14. The molecule has 0 saturated heterocycles. The number of hydrogen-bond acceptors (Lipinski definition) is 9. The molecule has 17 heteroatoms. The van der Waals surface area contributed by atoms with Crippen LogP contribution in [-0.2, 0) is 40.0 Å². The Morgan fingerprint density at radius 3 is 1.84 bits per heavy atom. The molecular formula is C33H50N8O9. The van der Waals surface area contributed by atoms with Crippen molar-refractivity contribution in [2.24, 2.45) is 23.3 Å². The van der Waals surface area contributed by atoms with E-state index in [1.54, 1.807) is 26.1 Å². The lowest BCUT2D eigenvalue weighted by atomic mass is 10.0. The molecule has 1 aromatic heterocycles. The Kier molecular flexibility index (Phi) is 15.8. The first-order valence-corrected chi connectivity index (χ1v) is 16.4. The smallest absolute Gasteiger partial charge is 0.326 e. The molecule has 50 heavy (non-hydrogen) atoms. The summed E-state index contributed by atoms with van der Waals surface area (Å²) < 4.78 is 0. The van der Waals surface area contributed by atoms with E-state index in [-0.39, 0.29) is 24.7 Å². The van der Waals surface area contributed by atoms with E-state index in [1.165, 1.54) is 6.92 Å². The second-order valence-electron chi connectivity index (χ2n) is 13.1. The molecule has 0 bridgehead atoms. The van der Waals surface area contributed by atoms with Crippen LogP contribution < -0.4 is 38.1 Å². The van der Waals surface area contributed by atoms with Crippen LogP contribution in [0.15, 0.2) is 30.5 Å². The zero-order valence-corrected chi connectivity index (χ0v) is 28.9. The van der Waals surface area contributed by atoms with Crippen LogP contribution >= 0.6 is 0 Å². The number of rotatable bonds is 20. The third-order valence-corrected chi connectivity index (χ3v) is 7.72. The number of fused-ring (bicyclic) bond motifs is 1. The number of para-hydroxylation sites is 1. The van der Waals surface area contributed by atoms with E-state index in [9.17, 15) is 43.8 Å². The highest BCUT2D eigenvalue weighted by molar-refractivity contribution is 5.97. The number of nitrogens with one attached hydrogen (secondary N) is 6. The number of benzene rings is 1. The molecular weight excluding hydrogens is 652 g/mol. The number of primary amides is 1. The molecule has 6 atom stereocenters. The van der Waals surface area contributed by atoms with Crippen LogP contribution in [0.4, 0.5) is 0 Å². The van der Waals surface area contributed by atoms with Gasteiger partial charge in [0.25, 0.3) is 0 Å². The second-order valence-corrected chi connectivity index (χ2v) is 13.1. The minimum atomic E-state index is -1.60. The van der Waals surface area contributed by atoms with Gasteiger partial charge in [-0.25, -0.2) is 4.79 Å². The summed E-state index contributed by atoms with van der Waals surface area (Å²) in [5.41, 5.74) is 12.5. The molecule has 0 radical (unpaired) electrons. The van der Waals surface area contributed by atoms with Gasteiger partial charge in [-0.15, -0.1) is 0 Å². The molecule has 276 valence electrons.